The van der Waals surface area contributed by atoms with Crippen molar-refractivity contribution in [1.29, 1.82) is 0 Å². The highest BCUT2D eigenvalue weighted by Crippen LogP contribution is 2.52. The molecular weight excluding hydrogens is 447 g/mol. The van der Waals surface area contributed by atoms with Crippen molar-refractivity contribution in [2.45, 2.75) is 69.6 Å². The summed E-state index contributed by atoms with van der Waals surface area (Å²) in [6.07, 6.45) is 8.64. The Labute approximate surface area is 187 Å². The van der Waals surface area contributed by atoms with Crippen LogP contribution in [0.1, 0.15) is 75.8 Å². The summed E-state index contributed by atoms with van der Waals surface area (Å²) in [5.41, 5.74) is 2.86. The highest BCUT2D eigenvalue weighted by atomic mass is 79.9. The van der Waals surface area contributed by atoms with E-state index in [-0.39, 0.29) is 11.7 Å². The molecule has 0 amide bonds. The van der Waals surface area contributed by atoms with Crippen LogP contribution in [0.3, 0.4) is 0 Å². The molecule has 0 radical (unpaired) electrons. The van der Waals surface area contributed by atoms with Crippen molar-refractivity contribution in [2.24, 2.45) is 5.41 Å². The van der Waals surface area contributed by atoms with Crippen LogP contribution in [-0.2, 0) is 0 Å². The molecule has 3 rings (SSSR count). The summed E-state index contributed by atoms with van der Waals surface area (Å²) in [6.45, 7) is 4.57. The third kappa shape index (κ3) is 5.38. The largest absolute Gasteiger partial charge is 0.496 e. The van der Waals surface area contributed by atoms with Crippen molar-refractivity contribution >= 4 is 27.7 Å². The van der Waals surface area contributed by atoms with Gasteiger partial charge in [-0.3, -0.25) is 0 Å². The average Bonchev–Trinajstić information content (AvgIpc) is 2.88. The molecule has 2 aromatic rings. The van der Waals surface area contributed by atoms with Crippen LogP contribution in [0.15, 0.2) is 45.8 Å². The summed E-state index contributed by atoms with van der Waals surface area (Å²) in [6, 6.07) is 11.6. The van der Waals surface area contributed by atoms with E-state index in [1.54, 1.807) is 19.2 Å². The van der Waals surface area contributed by atoms with Gasteiger partial charge in [0.25, 0.3) is 0 Å². The maximum absolute atomic E-state index is 13.6. The average molecular weight is 479 g/mol. The van der Waals surface area contributed by atoms with Gasteiger partial charge in [0.05, 0.1) is 11.6 Å². The molecule has 0 fully saturated rings. The van der Waals surface area contributed by atoms with E-state index in [1.807, 2.05) is 23.9 Å². The molecule has 0 spiro atoms. The minimum atomic E-state index is -0.170. The number of hydrogen-bond acceptors (Lipinski definition) is 2. The molecule has 1 heterocycles. The van der Waals surface area contributed by atoms with E-state index in [4.69, 9.17) is 4.74 Å². The monoisotopic (exact) mass is 478 g/mol. The Bertz CT molecular complexity index is 797. The first kappa shape index (κ1) is 22.7. The zero-order valence-electron chi connectivity index (χ0n) is 17.8. The van der Waals surface area contributed by atoms with Gasteiger partial charge in [-0.1, -0.05) is 51.7 Å². The molecule has 0 saturated carbocycles. The third-order valence-electron chi connectivity index (χ3n) is 6.22. The van der Waals surface area contributed by atoms with E-state index in [0.717, 1.165) is 22.4 Å². The fourth-order valence-electron chi connectivity index (χ4n) is 4.51. The van der Waals surface area contributed by atoms with Crippen LogP contribution in [0.4, 0.5) is 4.39 Å². The van der Waals surface area contributed by atoms with Gasteiger partial charge in [-0.15, -0.1) is 11.8 Å². The predicted molar refractivity (Wildman–Crippen MR) is 126 cm³/mol. The van der Waals surface area contributed by atoms with Gasteiger partial charge in [0.1, 0.15) is 11.6 Å². The Morgan fingerprint density at radius 3 is 2.34 bits per heavy atom. The fourth-order valence-corrected chi connectivity index (χ4v) is 6.46. The van der Waals surface area contributed by atoms with Gasteiger partial charge in [-0.2, -0.15) is 0 Å². The molecule has 0 aromatic heterocycles. The first-order valence-corrected chi connectivity index (χ1v) is 12.6. The molecule has 4 heteroatoms. The maximum atomic E-state index is 13.6. The Balaban J connectivity index is 2.08. The summed E-state index contributed by atoms with van der Waals surface area (Å²) in [5.74, 6) is 2.12. The summed E-state index contributed by atoms with van der Waals surface area (Å²) in [5, 5.41) is 0. The summed E-state index contributed by atoms with van der Waals surface area (Å²) in [4.78, 5) is 1.30. The number of unbranched alkanes of at least 4 members (excludes halogenated alkanes) is 2. The van der Waals surface area contributed by atoms with Crippen LogP contribution >= 0.6 is 27.7 Å². The number of benzene rings is 2. The number of methoxy groups -OCH3 is 1. The molecule has 158 valence electrons. The van der Waals surface area contributed by atoms with Crippen molar-refractivity contribution in [3.63, 3.8) is 0 Å². The highest BCUT2D eigenvalue weighted by Gasteiger charge is 2.37. The van der Waals surface area contributed by atoms with Gasteiger partial charge in [0.15, 0.2) is 0 Å². The van der Waals surface area contributed by atoms with E-state index in [0.29, 0.717) is 5.41 Å². The molecule has 29 heavy (non-hydrogen) atoms. The van der Waals surface area contributed by atoms with E-state index in [1.165, 1.54) is 54.5 Å². The fraction of sp³-hybridized carbons (Fsp3) is 0.520. The second kappa shape index (κ2) is 10.3. The Kier molecular flexibility index (Phi) is 8.09. The molecule has 1 aliphatic rings. The number of thioether (sulfide) groups is 1. The number of fused-ring (bicyclic) bond motifs is 1. The quantitative estimate of drug-likeness (QED) is 0.375. The second-order valence-corrected chi connectivity index (χ2v) is 10.2. The molecule has 2 aromatic carbocycles. The van der Waals surface area contributed by atoms with Crippen molar-refractivity contribution < 1.29 is 9.13 Å². The molecular formula is C25H32BrFOS. The normalized spacial score (nSPS) is 18.2. The molecule has 0 bridgehead atoms. The second-order valence-electron chi connectivity index (χ2n) is 8.33. The van der Waals surface area contributed by atoms with Gasteiger partial charge >= 0.3 is 0 Å². The van der Waals surface area contributed by atoms with Crippen molar-refractivity contribution in [3.8, 4) is 5.75 Å². The number of ether oxygens (including phenoxy) is 1. The van der Waals surface area contributed by atoms with Crippen molar-refractivity contribution in [1.82, 2.24) is 0 Å². The molecule has 1 unspecified atom stereocenters. The van der Waals surface area contributed by atoms with Crippen molar-refractivity contribution in [3.05, 3.63) is 57.8 Å². The van der Waals surface area contributed by atoms with Crippen LogP contribution in [-0.4, -0.2) is 12.9 Å². The lowest BCUT2D eigenvalue weighted by Gasteiger charge is -2.35. The van der Waals surface area contributed by atoms with E-state index in [2.05, 4.69) is 41.9 Å². The smallest absolute Gasteiger partial charge is 0.134 e. The molecule has 1 nitrogen and oxygen atoms in total. The number of rotatable bonds is 8. The predicted octanol–water partition coefficient (Wildman–Crippen LogP) is 8.59. The van der Waals surface area contributed by atoms with Gasteiger partial charge in [0.2, 0.25) is 0 Å². The lowest BCUT2D eigenvalue weighted by molar-refractivity contribution is 0.233. The minimum Gasteiger partial charge on any atom is -0.496 e. The summed E-state index contributed by atoms with van der Waals surface area (Å²) < 4.78 is 20.2. The van der Waals surface area contributed by atoms with Crippen LogP contribution in [0.25, 0.3) is 0 Å². The van der Waals surface area contributed by atoms with Gasteiger partial charge in [-0.25, -0.2) is 4.39 Å². The standard InChI is InChI=1S/C25H32BrFOS/c1-4-6-12-25(13-7-5-2)16-21(18-8-10-19(27)11-9-18)20-14-22(26)23(28-3)15-24(20)29-17-25/h8-11,14-15,21H,4-7,12-13,16-17H2,1-3H3. The van der Waals surface area contributed by atoms with Gasteiger partial charge in [-0.05, 0) is 76.0 Å². The Morgan fingerprint density at radius 1 is 1.10 bits per heavy atom. The Morgan fingerprint density at radius 2 is 1.76 bits per heavy atom. The van der Waals surface area contributed by atoms with E-state index < -0.39 is 0 Å². The first-order valence-electron chi connectivity index (χ1n) is 10.8. The lowest BCUT2D eigenvalue weighted by atomic mass is 9.70. The van der Waals surface area contributed by atoms with Gasteiger partial charge in [0, 0.05) is 16.6 Å². The van der Waals surface area contributed by atoms with E-state index >= 15 is 0 Å². The zero-order chi connectivity index (χ0) is 20.9. The maximum Gasteiger partial charge on any atom is 0.134 e. The van der Waals surface area contributed by atoms with Crippen LogP contribution in [0.2, 0.25) is 0 Å². The topological polar surface area (TPSA) is 9.23 Å². The van der Waals surface area contributed by atoms with Crippen molar-refractivity contribution in [2.75, 3.05) is 12.9 Å². The first-order chi connectivity index (χ1) is 14.0. The van der Waals surface area contributed by atoms with Gasteiger partial charge < -0.3 is 4.74 Å². The van der Waals surface area contributed by atoms with Crippen LogP contribution < -0.4 is 4.74 Å². The Hall–Kier alpha value is -1.00. The molecule has 0 aliphatic carbocycles. The number of hydrogen-bond donors (Lipinski definition) is 0. The van der Waals surface area contributed by atoms with Crippen LogP contribution in [0.5, 0.6) is 5.75 Å². The molecule has 0 saturated heterocycles. The third-order valence-corrected chi connectivity index (χ3v) is 8.27. The summed E-state index contributed by atoms with van der Waals surface area (Å²) >= 11 is 5.67. The highest BCUT2D eigenvalue weighted by molar-refractivity contribution is 9.10. The SMILES string of the molecule is CCCCC1(CCCC)CSc2cc(OC)c(Br)cc2C(c2ccc(F)cc2)C1. The van der Waals surface area contributed by atoms with E-state index in [9.17, 15) is 4.39 Å². The minimum absolute atomic E-state index is 0.170. The molecule has 1 aliphatic heterocycles. The molecule has 1 atom stereocenters. The molecule has 0 N–H and O–H groups in total. The lowest BCUT2D eigenvalue weighted by Crippen LogP contribution is -2.26. The zero-order valence-corrected chi connectivity index (χ0v) is 20.2. The van der Waals surface area contributed by atoms with Crippen LogP contribution in [0, 0.1) is 11.2 Å². The summed E-state index contributed by atoms with van der Waals surface area (Å²) in [7, 11) is 1.72. The number of halogens is 2.